The van der Waals surface area contributed by atoms with Crippen LogP contribution in [0.5, 0.6) is 5.75 Å². The van der Waals surface area contributed by atoms with Gasteiger partial charge in [-0.15, -0.1) is 0 Å². The van der Waals surface area contributed by atoms with Crippen LogP contribution in [0.1, 0.15) is 22.8 Å². The van der Waals surface area contributed by atoms with Gasteiger partial charge in [0.15, 0.2) is 0 Å². The summed E-state index contributed by atoms with van der Waals surface area (Å²) in [4.78, 5) is 30.4. The van der Waals surface area contributed by atoms with Gasteiger partial charge < -0.3 is 10.1 Å². The van der Waals surface area contributed by atoms with Crippen molar-refractivity contribution in [1.29, 1.82) is 0 Å². The summed E-state index contributed by atoms with van der Waals surface area (Å²) in [6.45, 7) is 2.60. The molecule has 0 saturated heterocycles. The third-order valence-corrected chi connectivity index (χ3v) is 4.77. The zero-order valence-corrected chi connectivity index (χ0v) is 16.8. The first-order valence-corrected chi connectivity index (χ1v) is 9.82. The monoisotopic (exact) mass is 417 g/mol. The summed E-state index contributed by atoms with van der Waals surface area (Å²) in [6, 6.07) is 17.8. The minimum Gasteiger partial charge on any atom is -0.494 e. The van der Waals surface area contributed by atoms with E-state index in [1.165, 1.54) is 22.8 Å². The number of nitrogens with zero attached hydrogens (tertiary/aromatic N) is 2. The Hall–Kier alpha value is -4.00. The number of ether oxygens (including phenoxy) is 1. The normalized spacial score (nSPS) is 10.8. The summed E-state index contributed by atoms with van der Waals surface area (Å²) < 4.78 is 20.1. The summed E-state index contributed by atoms with van der Waals surface area (Å²) in [5, 5.41) is 3.41. The Morgan fingerprint density at radius 1 is 1.10 bits per heavy atom. The minimum absolute atomic E-state index is 0.00324. The Balaban J connectivity index is 1.70. The summed E-state index contributed by atoms with van der Waals surface area (Å²) >= 11 is 0. The fourth-order valence-corrected chi connectivity index (χ4v) is 3.29. The van der Waals surface area contributed by atoms with E-state index in [0.717, 1.165) is 5.56 Å². The molecule has 7 heteroatoms. The number of rotatable bonds is 6. The van der Waals surface area contributed by atoms with Crippen molar-refractivity contribution >= 4 is 22.6 Å². The number of nitrogens with one attached hydrogen (secondary N) is 1. The lowest BCUT2D eigenvalue weighted by Crippen LogP contribution is -2.30. The second kappa shape index (κ2) is 8.79. The van der Waals surface area contributed by atoms with E-state index in [4.69, 9.17) is 4.74 Å². The lowest BCUT2D eigenvalue weighted by molar-refractivity contribution is 0.102. The lowest BCUT2D eigenvalue weighted by atomic mass is 10.1. The van der Waals surface area contributed by atoms with Crippen LogP contribution >= 0.6 is 0 Å². The van der Waals surface area contributed by atoms with Crippen molar-refractivity contribution in [3.63, 3.8) is 0 Å². The van der Waals surface area contributed by atoms with Crippen LogP contribution in [0.4, 0.5) is 10.1 Å². The molecule has 31 heavy (non-hydrogen) atoms. The first-order chi connectivity index (χ1) is 15.0. The summed E-state index contributed by atoms with van der Waals surface area (Å²) in [5.41, 5.74) is 1.24. The number of carbonyl (C=O) groups is 1. The highest BCUT2D eigenvalue weighted by Gasteiger charge is 2.17. The fourth-order valence-electron chi connectivity index (χ4n) is 3.29. The van der Waals surface area contributed by atoms with Gasteiger partial charge in [0.1, 0.15) is 22.8 Å². The highest BCUT2D eigenvalue weighted by molar-refractivity contribution is 6.05. The van der Waals surface area contributed by atoms with Gasteiger partial charge in [-0.25, -0.2) is 9.37 Å². The van der Waals surface area contributed by atoms with Crippen molar-refractivity contribution in [3.8, 4) is 5.75 Å². The molecule has 4 aromatic rings. The predicted molar refractivity (Wildman–Crippen MR) is 117 cm³/mol. The average Bonchev–Trinajstić information content (AvgIpc) is 2.78. The molecular weight excluding hydrogens is 397 g/mol. The molecule has 0 saturated carbocycles. The highest BCUT2D eigenvalue weighted by Crippen LogP contribution is 2.18. The van der Waals surface area contributed by atoms with E-state index in [-0.39, 0.29) is 17.9 Å². The molecule has 0 fully saturated rings. The second-order valence-corrected chi connectivity index (χ2v) is 6.90. The Labute approximate surface area is 177 Å². The van der Waals surface area contributed by atoms with E-state index in [9.17, 15) is 14.0 Å². The van der Waals surface area contributed by atoms with Crippen LogP contribution in [0, 0.1) is 5.82 Å². The summed E-state index contributed by atoms with van der Waals surface area (Å²) in [7, 11) is 0. The van der Waals surface area contributed by atoms with E-state index in [1.54, 1.807) is 54.7 Å². The molecule has 1 N–H and O–H groups in total. The Morgan fingerprint density at radius 3 is 2.55 bits per heavy atom. The maximum absolute atomic E-state index is 13.3. The SMILES string of the molecule is CCOc1ccc(NC(=O)c2cc3cccnc3n(Cc3ccc(F)cc3)c2=O)cc1. The van der Waals surface area contributed by atoms with Crippen molar-refractivity contribution in [2.45, 2.75) is 13.5 Å². The smallest absolute Gasteiger partial charge is 0.265 e. The number of hydrogen-bond donors (Lipinski definition) is 1. The molecule has 2 aromatic heterocycles. The molecule has 0 unspecified atom stereocenters. The molecule has 0 aliphatic carbocycles. The van der Waals surface area contributed by atoms with Gasteiger partial charge in [0.25, 0.3) is 11.5 Å². The van der Waals surface area contributed by atoms with Gasteiger partial charge in [0.05, 0.1) is 13.2 Å². The molecule has 0 spiro atoms. The van der Waals surface area contributed by atoms with Crippen LogP contribution in [0.15, 0.2) is 77.7 Å². The molecule has 2 heterocycles. The fraction of sp³-hybridized carbons (Fsp3) is 0.125. The third-order valence-electron chi connectivity index (χ3n) is 4.77. The van der Waals surface area contributed by atoms with Crippen molar-refractivity contribution < 1.29 is 13.9 Å². The first-order valence-electron chi connectivity index (χ1n) is 9.82. The van der Waals surface area contributed by atoms with E-state index in [0.29, 0.717) is 29.1 Å². The van der Waals surface area contributed by atoms with Crippen LogP contribution in [0.25, 0.3) is 11.0 Å². The number of halogens is 1. The topological polar surface area (TPSA) is 73.2 Å². The van der Waals surface area contributed by atoms with Gasteiger partial charge in [-0.3, -0.25) is 14.2 Å². The second-order valence-electron chi connectivity index (χ2n) is 6.90. The number of benzene rings is 2. The van der Waals surface area contributed by atoms with Crippen molar-refractivity contribution in [1.82, 2.24) is 9.55 Å². The number of anilines is 1. The van der Waals surface area contributed by atoms with Crippen LogP contribution in [0.3, 0.4) is 0 Å². The number of pyridine rings is 2. The zero-order chi connectivity index (χ0) is 21.8. The van der Waals surface area contributed by atoms with Gasteiger partial charge in [0, 0.05) is 17.3 Å². The van der Waals surface area contributed by atoms with E-state index in [2.05, 4.69) is 10.3 Å². The average molecular weight is 417 g/mol. The highest BCUT2D eigenvalue weighted by atomic mass is 19.1. The van der Waals surface area contributed by atoms with Gasteiger partial charge in [-0.2, -0.15) is 0 Å². The number of carbonyl (C=O) groups excluding carboxylic acids is 1. The van der Waals surface area contributed by atoms with Crippen LogP contribution in [-0.2, 0) is 6.54 Å². The predicted octanol–water partition coefficient (Wildman–Crippen LogP) is 4.23. The molecule has 6 nitrogen and oxygen atoms in total. The van der Waals surface area contributed by atoms with Gasteiger partial charge in [0.2, 0.25) is 0 Å². The van der Waals surface area contributed by atoms with E-state index in [1.807, 2.05) is 6.92 Å². The number of hydrogen-bond acceptors (Lipinski definition) is 4. The Kier molecular flexibility index (Phi) is 5.75. The van der Waals surface area contributed by atoms with E-state index >= 15 is 0 Å². The van der Waals surface area contributed by atoms with Crippen LogP contribution in [0.2, 0.25) is 0 Å². The maximum Gasteiger partial charge on any atom is 0.265 e. The molecule has 0 bridgehead atoms. The van der Waals surface area contributed by atoms with E-state index < -0.39 is 11.5 Å². The molecular formula is C24H20FN3O3. The summed E-state index contributed by atoms with van der Waals surface area (Å²) in [6.07, 6.45) is 1.59. The minimum atomic E-state index is -0.521. The molecule has 2 aromatic carbocycles. The first kappa shape index (κ1) is 20.3. The Bertz CT molecular complexity index is 1280. The quantitative estimate of drug-likeness (QED) is 0.509. The largest absolute Gasteiger partial charge is 0.494 e. The number of amides is 1. The van der Waals surface area contributed by atoms with Crippen molar-refractivity contribution in [2.24, 2.45) is 0 Å². The molecule has 156 valence electrons. The molecule has 0 radical (unpaired) electrons. The molecule has 0 atom stereocenters. The molecule has 0 aliphatic rings. The standard InChI is InChI=1S/C24H20FN3O3/c1-2-31-20-11-9-19(10-12-20)27-23(29)21-14-17-4-3-13-26-22(17)28(24(21)30)15-16-5-7-18(25)8-6-16/h3-14H,2,15H2,1H3,(H,27,29). The van der Waals surface area contributed by atoms with Crippen LogP contribution < -0.4 is 15.6 Å². The van der Waals surface area contributed by atoms with Gasteiger partial charge in [-0.05, 0) is 67.1 Å². The molecule has 4 rings (SSSR count). The summed E-state index contributed by atoms with van der Waals surface area (Å²) in [5.74, 6) is -0.186. The van der Waals surface area contributed by atoms with Gasteiger partial charge >= 0.3 is 0 Å². The number of aromatic nitrogens is 2. The number of fused-ring (bicyclic) bond motifs is 1. The van der Waals surface area contributed by atoms with Crippen molar-refractivity contribution in [3.05, 3.63) is 100 Å². The lowest BCUT2D eigenvalue weighted by Gasteiger charge is -2.13. The maximum atomic E-state index is 13.3. The molecule has 0 aliphatic heterocycles. The van der Waals surface area contributed by atoms with Crippen molar-refractivity contribution in [2.75, 3.05) is 11.9 Å². The molecule has 1 amide bonds. The van der Waals surface area contributed by atoms with Crippen LogP contribution in [-0.4, -0.2) is 22.1 Å². The Morgan fingerprint density at radius 2 is 1.84 bits per heavy atom. The van der Waals surface area contributed by atoms with Gasteiger partial charge in [-0.1, -0.05) is 12.1 Å². The zero-order valence-electron chi connectivity index (χ0n) is 16.8. The third kappa shape index (κ3) is 4.45.